The molecule has 0 radical (unpaired) electrons. The second kappa shape index (κ2) is 6.58. The van der Waals surface area contributed by atoms with E-state index in [0.29, 0.717) is 5.56 Å². The van der Waals surface area contributed by atoms with E-state index < -0.39 is 0 Å². The molecule has 3 nitrogen and oxygen atoms in total. The molecule has 1 aromatic heterocycles. The molecule has 1 heterocycles. The van der Waals surface area contributed by atoms with Gasteiger partial charge in [-0.25, -0.2) is 4.98 Å². The van der Waals surface area contributed by atoms with Crippen LogP contribution in [0.1, 0.15) is 15.4 Å². The number of nitrogens with zero attached hydrogens (tertiary/aromatic N) is 1. The number of carbonyl (C=O) groups excluding carboxylic acids is 1. The van der Waals surface area contributed by atoms with E-state index in [-0.39, 0.29) is 5.91 Å². The Morgan fingerprint density at radius 1 is 1.14 bits per heavy atom. The molecule has 0 unspecified atom stereocenters. The van der Waals surface area contributed by atoms with Gasteiger partial charge in [0.1, 0.15) is 0 Å². The fourth-order valence-corrected chi connectivity index (χ4v) is 3.38. The monoisotopic (exact) mass is 420 g/mol. The Morgan fingerprint density at radius 2 is 1.86 bits per heavy atom. The van der Waals surface area contributed by atoms with Crippen LogP contribution in [0.3, 0.4) is 0 Å². The summed E-state index contributed by atoms with van der Waals surface area (Å²) >= 11 is 3.77. The minimum Gasteiger partial charge on any atom is -0.321 e. The molecule has 1 N–H and O–H groups in total. The second-order valence-electron chi connectivity index (χ2n) is 4.73. The highest BCUT2D eigenvalue weighted by Crippen LogP contribution is 2.29. The zero-order valence-electron chi connectivity index (χ0n) is 11.8. The maximum absolute atomic E-state index is 12.5. The van der Waals surface area contributed by atoms with Crippen LogP contribution < -0.4 is 5.32 Å². The molecular formula is C17H13IN2OS. The lowest BCUT2D eigenvalue weighted by Gasteiger charge is -2.10. The summed E-state index contributed by atoms with van der Waals surface area (Å²) in [6.45, 7) is 1.97. The largest absolute Gasteiger partial charge is 0.321 e. The van der Waals surface area contributed by atoms with Crippen molar-refractivity contribution in [1.29, 1.82) is 0 Å². The predicted molar refractivity (Wildman–Crippen MR) is 99.4 cm³/mol. The van der Waals surface area contributed by atoms with Crippen molar-refractivity contribution in [2.75, 3.05) is 5.32 Å². The molecule has 0 aliphatic carbocycles. The number of carbonyl (C=O) groups is 1. The van der Waals surface area contributed by atoms with E-state index >= 15 is 0 Å². The number of aromatic nitrogens is 1. The summed E-state index contributed by atoms with van der Waals surface area (Å²) < 4.78 is 0.930. The maximum Gasteiger partial charge on any atom is 0.256 e. The fourth-order valence-electron chi connectivity index (χ4n) is 2.14. The van der Waals surface area contributed by atoms with Gasteiger partial charge < -0.3 is 5.32 Å². The number of benzene rings is 2. The van der Waals surface area contributed by atoms with Crippen molar-refractivity contribution in [3.63, 3.8) is 0 Å². The summed E-state index contributed by atoms with van der Waals surface area (Å²) in [4.78, 5) is 17.0. The van der Waals surface area contributed by atoms with Crippen molar-refractivity contribution in [3.05, 3.63) is 68.1 Å². The number of para-hydroxylation sites is 1. The van der Waals surface area contributed by atoms with Crippen LogP contribution in [-0.4, -0.2) is 10.9 Å². The lowest BCUT2D eigenvalue weighted by molar-refractivity contribution is 0.102. The van der Waals surface area contributed by atoms with Gasteiger partial charge in [0.15, 0.2) is 0 Å². The summed E-state index contributed by atoms with van der Waals surface area (Å²) in [7, 11) is 0. The molecule has 0 aliphatic heterocycles. The van der Waals surface area contributed by atoms with E-state index in [2.05, 4.69) is 32.9 Å². The number of amides is 1. The summed E-state index contributed by atoms with van der Waals surface area (Å²) in [6.07, 6.45) is 0. The quantitative estimate of drug-likeness (QED) is 0.608. The van der Waals surface area contributed by atoms with Crippen molar-refractivity contribution in [2.24, 2.45) is 0 Å². The number of aryl methyl sites for hydroxylation is 1. The molecule has 2 aromatic carbocycles. The minimum absolute atomic E-state index is 0.107. The number of hydrogen-bond donors (Lipinski definition) is 1. The van der Waals surface area contributed by atoms with Gasteiger partial charge in [-0.05, 0) is 47.7 Å². The van der Waals surface area contributed by atoms with Gasteiger partial charge in [0.05, 0.1) is 22.0 Å². The van der Waals surface area contributed by atoms with Crippen LogP contribution in [-0.2, 0) is 0 Å². The standard InChI is InChI=1S/C17H13IN2OS/c1-11-19-16(10-22-11)13-7-3-5-9-15(13)20-17(21)12-6-2-4-8-14(12)18/h2-10H,1H3,(H,20,21). The van der Waals surface area contributed by atoms with Crippen molar-refractivity contribution in [1.82, 2.24) is 4.98 Å². The van der Waals surface area contributed by atoms with E-state index in [1.807, 2.05) is 60.8 Å². The molecule has 0 spiro atoms. The summed E-state index contributed by atoms with van der Waals surface area (Å²) in [5, 5.41) is 6.01. The fraction of sp³-hybridized carbons (Fsp3) is 0.0588. The normalized spacial score (nSPS) is 10.5. The molecule has 0 saturated heterocycles. The Kier molecular flexibility index (Phi) is 4.54. The number of anilines is 1. The Hall–Kier alpha value is -1.73. The lowest BCUT2D eigenvalue weighted by Crippen LogP contribution is -2.14. The number of halogens is 1. The van der Waals surface area contributed by atoms with Crippen LogP contribution in [0.5, 0.6) is 0 Å². The van der Waals surface area contributed by atoms with Gasteiger partial charge in [0, 0.05) is 14.5 Å². The van der Waals surface area contributed by atoms with Gasteiger partial charge in [0.25, 0.3) is 5.91 Å². The van der Waals surface area contributed by atoms with Gasteiger partial charge in [-0.1, -0.05) is 30.3 Å². The smallest absolute Gasteiger partial charge is 0.256 e. The van der Waals surface area contributed by atoms with Gasteiger partial charge >= 0.3 is 0 Å². The topological polar surface area (TPSA) is 42.0 Å². The molecule has 5 heteroatoms. The Balaban J connectivity index is 1.93. The summed E-state index contributed by atoms with van der Waals surface area (Å²) in [5.41, 5.74) is 3.28. The minimum atomic E-state index is -0.107. The molecule has 0 bridgehead atoms. The molecule has 110 valence electrons. The van der Waals surface area contributed by atoms with Crippen LogP contribution in [0.15, 0.2) is 53.9 Å². The van der Waals surface area contributed by atoms with Crippen LogP contribution >= 0.6 is 33.9 Å². The second-order valence-corrected chi connectivity index (χ2v) is 6.96. The average molecular weight is 420 g/mol. The first-order valence-corrected chi connectivity index (χ1v) is 8.68. The zero-order valence-corrected chi connectivity index (χ0v) is 14.8. The predicted octanol–water partition coefficient (Wildman–Crippen LogP) is 4.98. The molecule has 1 amide bonds. The van der Waals surface area contributed by atoms with E-state index in [4.69, 9.17) is 0 Å². The van der Waals surface area contributed by atoms with Crippen molar-refractivity contribution < 1.29 is 4.79 Å². The van der Waals surface area contributed by atoms with Crippen LogP contribution in [0.4, 0.5) is 5.69 Å². The first-order valence-electron chi connectivity index (χ1n) is 6.72. The molecule has 22 heavy (non-hydrogen) atoms. The van der Waals surface area contributed by atoms with Crippen LogP contribution in [0.25, 0.3) is 11.3 Å². The van der Waals surface area contributed by atoms with Crippen molar-refractivity contribution in [2.45, 2.75) is 6.92 Å². The highest BCUT2D eigenvalue weighted by atomic mass is 127. The molecule has 0 fully saturated rings. The average Bonchev–Trinajstić information content (AvgIpc) is 2.94. The Bertz CT molecular complexity index is 829. The van der Waals surface area contributed by atoms with E-state index in [1.54, 1.807) is 11.3 Å². The third-order valence-electron chi connectivity index (χ3n) is 3.19. The summed E-state index contributed by atoms with van der Waals surface area (Å²) in [5.74, 6) is -0.107. The number of thiazole rings is 1. The zero-order chi connectivity index (χ0) is 15.5. The molecular weight excluding hydrogens is 407 g/mol. The first-order chi connectivity index (χ1) is 10.6. The number of nitrogens with one attached hydrogen (secondary N) is 1. The SMILES string of the molecule is Cc1nc(-c2ccccc2NC(=O)c2ccccc2I)cs1. The number of rotatable bonds is 3. The third-order valence-corrected chi connectivity index (χ3v) is 4.90. The molecule has 0 aliphatic rings. The van der Waals surface area contributed by atoms with Gasteiger partial charge in [-0.2, -0.15) is 0 Å². The first kappa shape index (κ1) is 15.2. The maximum atomic E-state index is 12.5. The van der Waals surface area contributed by atoms with Gasteiger partial charge in [0.2, 0.25) is 0 Å². The van der Waals surface area contributed by atoms with Crippen LogP contribution in [0, 0.1) is 10.5 Å². The van der Waals surface area contributed by atoms with E-state index in [0.717, 1.165) is 25.5 Å². The van der Waals surface area contributed by atoms with Gasteiger partial charge in [-0.15, -0.1) is 11.3 Å². The third kappa shape index (κ3) is 3.20. The molecule has 0 saturated carbocycles. The van der Waals surface area contributed by atoms with Gasteiger partial charge in [-0.3, -0.25) is 4.79 Å². The highest BCUT2D eigenvalue weighted by Gasteiger charge is 2.13. The van der Waals surface area contributed by atoms with Crippen molar-refractivity contribution in [3.8, 4) is 11.3 Å². The molecule has 3 aromatic rings. The molecule has 0 atom stereocenters. The lowest BCUT2D eigenvalue weighted by atomic mass is 10.1. The van der Waals surface area contributed by atoms with Crippen LogP contribution in [0.2, 0.25) is 0 Å². The number of hydrogen-bond acceptors (Lipinski definition) is 3. The van der Waals surface area contributed by atoms with E-state index in [9.17, 15) is 4.79 Å². The molecule has 3 rings (SSSR count). The van der Waals surface area contributed by atoms with Crippen molar-refractivity contribution >= 4 is 45.5 Å². The Labute approximate surface area is 146 Å². The summed E-state index contributed by atoms with van der Waals surface area (Å²) in [6, 6.07) is 15.3. The highest BCUT2D eigenvalue weighted by molar-refractivity contribution is 14.1. The Morgan fingerprint density at radius 3 is 2.59 bits per heavy atom. The van der Waals surface area contributed by atoms with E-state index in [1.165, 1.54) is 0 Å².